The molecule has 0 saturated heterocycles. The van der Waals surface area contributed by atoms with E-state index in [-0.39, 0.29) is 5.92 Å². The molecule has 1 atom stereocenters. The van der Waals surface area contributed by atoms with E-state index in [1.165, 1.54) is 0 Å². The van der Waals surface area contributed by atoms with Crippen molar-refractivity contribution in [2.24, 2.45) is 5.92 Å². The van der Waals surface area contributed by atoms with Gasteiger partial charge in [-0.1, -0.05) is 29.8 Å². The van der Waals surface area contributed by atoms with Crippen molar-refractivity contribution in [1.29, 1.82) is 0 Å². The van der Waals surface area contributed by atoms with Crippen molar-refractivity contribution in [2.75, 3.05) is 0 Å². The van der Waals surface area contributed by atoms with Crippen molar-refractivity contribution in [3.63, 3.8) is 0 Å². The number of alkyl halides is 1. The summed E-state index contributed by atoms with van der Waals surface area (Å²) >= 11 is 2.94. The molecular formula is C5H8BrO2-. The van der Waals surface area contributed by atoms with Gasteiger partial charge in [0.05, 0.1) is 10.8 Å². The Labute approximate surface area is 57.0 Å². The van der Waals surface area contributed by atoms with Crippen LogP contribution in [-0.2, 0) is 4.79 Å². The standard InChI is InChI=1S/C5H9BrO2/c1-3(2)4(6)5(7)8/h3-4H,1-2H3,(H,7,8)/p-1/t4-/m1/s1. The van der Waals surface area contributed by atoms with Crippen LogP contribution in [0.15, 0.2) is 0 Å². The highest BCUT2D eigenvalue weighted by atomic mass is 79.9. The van der Waals surface area contributed by atoms with Gasteiger partial charge in [0.1, 0.15) is 0 Å². The molecule has 0 aliphatic carbocycles. The van der Waals surface area contributed by atoms with Crippen LogP contribution in [-0.4, -0.2) is 10.8 Å². The summed E-state index contributed by atoms with van der Waals surface area (Å²) < 4.78 is 0. The molecule has 0 radical (unpaired) electrons. The number of carbonyl (C=O) groups excluding carboxylic acids is 1. The SMILES string of the molecule is CC(C)[C@@H](Br)C(=O)[O-]. The lowest BCUT2D eigenvalue weighted by atomic mass is 10.1. The van der Waals surface area contributed by atoms with Crippen LogP contribution < -0.4 is 5.11 Å². The van der Waals surface area contributed by atoms with E-state index in [1.54, 1.807) is 0 Å². The second kappa shape index (κ2) is 3.07. The smallest absolute Gasteiger partial charge is 0.0564 e. The summed E-state index contributed by atoms with van der Waals surface area (Å²) in [7, 11) is 0. The molecule has 0 unspecified atom stereocenters. The molecule has 8 heavy (non-hydrogen) atoms. The van der Waals surface area contributed by atoms with Crippen LogP contribution in [0.1, 0.15) is 13.8 Å². The normalized spacial score (nSPS) is 14.0. The maximum atomic E-state index is 9.98. The van der Waals surface area contributed by atoms with Gasteiger partial charge in [0, 0.05) is 0 Å². The first kappa shape index (κ1) is 7.95. The summed E-state index contributed by atoms with van der Waals surface area (Å²) in [5, 5.41) is 9.98. The fraction of sp³-hybridized carbons (Fsp3) is 0.800. The number of halogens is 1. The maximum absolute atomic E-state index is 9.98. The highest BCUT2D eigenvalue weighted by molar-refractivity contribution is 9.10. The second-order valence-electron chi connectivity index (χ2n) is 1.96. The molecule has 0 fully saturated rings. The van der Waals surface area contributed by atoms with Crippen LogP contribution >= 0.6 is 15.9 Å². The minimum absolute atomic E-state index is 0.0972. The van der Waals surface area contributed by atoms with Gasteiger partial charge in [-0.05, 0) is 5.92 Å². The molecule has 0 bridgehead atoms. The van der Waals surface area contributed by atoms with Gasteiger partial charge >= 0.3 is 0 Å². The van der Waals surface area contributed by atoms with Gasteiger partial charge in [0.15, 0.2) is 0 Å². The van der Waals surface area contributed by atoms with Crippen LogP contribution in [0.25, 0.3) is 0 Å². The number of hydrogen-bond acceptors (Lipinski definition) is 2. The first-order valence-electron chi connectivity index (χ1n) is 2.40. The molecule has 0 heterocycles. The summed E-state index contributed by atoms with van der Waals surface area (Å²) in [4.78, 5) is 9.47. The zero-order valence-corrected chi connectivity index (χ0v) is 6.44. The van der Waals surface area contributed by atoms with Gasteiger partial charge in [0.2, 0.25) is 0 Å². The van der Waals surface area contributed by atoms with Crippen molar-refractivity contribution in [3.05, 3.63) is 0 Å². The number of carboxylic acid groups (broad SMARTS) is 1. The summed E-state index contributed by atoms with van der Waals surface area (Å²) in [6, 6.07) is 0. The minimum atomic E-state index is -1.04. The largest absolute Gasteiger partial charge is 0.549 e. The third-order valence-electron chi connectivity index (χ3n) is 0.810. The fourth-order valence-electron chi connectivity index (χ4n) is 0.272. The van der Waals surface area contributed by atoms with Crippen molar-refractivity contribution in [1.82, 2.24) is 0 Å². The summed E-state index contributed by atoms with van der Waals surface area (Å²) in [6.45, 7) is 3.63. The van der Waals surface area contributed by atoms with Crippen molar-refractivity contribution < 1.29 is 9.90 Å². The minimum Gasteiger partial charge on any atom is -0.549 e. The zero-order chi connectivity index (χ0) is 6.73. The molecule has 0 aliphatic heterocycles. The van der Waals surface area contributed by atoms with Crippen LogP contribution in [0.5, 0.6) is 0 Å². The Morgan fingerprint density at radius 3 is 2.00 bits per heavy atom. The van der Waals surface area contributed by atoms with Crippen LogP contribution in [0.2, 0.25) is 0 Å². The highest BCUT2D eigenvalue weighted by Crippen LogP contribution is 2.09. The van der Waals surface area contributed by atoms with Crippen molar-refractivity contribution in [3.8, 4) is 0 Å². The molecule has 48 valence electrons. The van der Waals surface area contributed by atoms with E-state index in [4.69, 9.17) is 0 Å². The molecule has 2 nitrogen and oxygen atoms in total. The molecule has 0 aromatic rings. The second-order valence-corrected chi connectivity index (χ2v) is 2.95. The van der Waals surface area contributed by atoms with E-state index < -0.39 is 10.8 Å². The zero-order valence-electron chi connectivity index (χ0n) is 4.85. The van der Waals surface area contributed by atoms with Gasteiger partial charge in [-0.2, -0.15) is 0 Å². The monoisotopic (exact) mass is 179 g/mol. The topological polar surface area (TPSA) is 40.1 Å². The Hall–Kier alpha value is -0.0500. The summed E-state index contributed by atoms with van der Waals surface area (Å²) in [5.41, 5.74) is 0. The van der Waals surface area contributed by atoms with Crippen LogP contribution in [0.4, 0.5) is 0 Å². The lowest BCUT2D eigenvalue weighted by molar-refractivity contribution is -0.305. The molecule has 0 aliphatic rings. The predicted molar refractivity (Wildman–Crippen MR) is 32.6 cm³/mol. The average Bonchev–Trinajstić information content (AvgIpc) is 1.64. The Kier molecular flexibility index (Phi) is 3.05. The van der Waals surface area contributed by atoms with E-state index in [0.717, 1.165) is 0 Å². The fourth-order valence-corrected chi connectivity index (χ4v) is 0.272. The van der Waals surface area contributed by atoms with Gasteiger partial charge in [-0.25, -0.2) is 0 Å². The molecule has 0 N–H and O–H groups in total. The molecule has 0 saturated carbocycles. The number of hydrogen-bond donors (Lipinski definition) is 0. The van der Waals surface area contributed by atoms with Gasteiger partial charge in [-0.3, -0.25) is 0 Å². The summed E-state index contributed by atoms with van der Waals surface area (Å²) in [5.74, 6) is -0.944. The van der Waals surface area contributed by atoms with E-state index in [1.807, 2.05) is 13.8 Å². The quantitative estimate of drug-likeness (QED) is 0.567. The molecule has 3 heteroatoms. The molecule has 0 spiro atoms. The Bertz CT molecular complexity index is 90.4. The Morgan fingerprint density at radius 2 is 2.00 bits per heavy atom. The van der Waals surface area contributed by atoms with Gasteiger partial charge in [-0.15, -0.1) is 0 Å². The highest BCUT2D eigenvalue weighted by Gasteiger charge is 2.08. The van der Waals surface area contributed by atoms with Crippen molar-refractivity contribution >= 4 is 21.9 Å². The van der Waals surface area contributed by atoms with E-state index in [9.17, 15) is 9.90 Å². The van der Waals surface area contributed by atoms with Crippen molar-refractivity contribution in [2.45, 2.75) is 18.7 Å². The first-order valence-corrected chi connectivity index (χ1v) is 3.32. The first-order chi connectivity index (χ1) is 3.55. The van der Waals surface area contributed by atoms with E-state index >= 15 is 0 Å². The number of carboxylic acids is 1. The molecular weight excluding hydrogens is 172 g/mol. The van der Waals surface area contributed by atoms with Crippen LogP contribution in [0.3, 0.4) is 0 Å². The van der Waals surface area contributed by atoms with E-state index in [2.05, 4.69) is 15.9 Å². The number of carbonyl (C=O) groups is 1. The van der Waals surface area contributed by atoms with Crippen LogP contribution in [0, 0.1) is 5.92 Å². The lowest BCUT2D eigenvalue weighted by Crippen LogP contribution is -2.34. The molecule has 0 aromatic carbocycles. The predicted octanol–water partition coefficient (Wildman–Crippen LogP) is 0.156. The summed E-state index contributed by atoms with van der Waals surface area (Å²) in [6.07, 6.45) is 0. The third kappa shape index (κ3) is 2.31. The Balaban J connectivity index is 3.64. The molecule has 0 aromatic heterocycles. The van der Waals surface area contributed by atoms with Gasteiger partial charge in [0.25, 0.3) is 0 Å². The third-order valence-corrected chi connectivity index (χ3v) is 2.24. The van der Waals surface area contributed by atoms with E-state index in [0.29, 0.717) is 0 Å². The Morgan fingerprint density at radius 1 is 1.62 bits per heavy atom. The lowest BCUT2D eigenvalue weighted by Gasteiger charge is -2.13. The molecule has 0 rings (SSSR count). The van der Waals surface area contributed by atoms with Gasteiger partial charge < -0.3 is 9.90 Å². The number of rotatable bonds is 2. The maximum Gasteiger partial charge on any atom is 0.0564 e. The number of aliphatic carboxylic acids is 1. The average molecular weight is 180 g/mol. The molecule has 0 amide bonds.